The molecule has 8 heteroatoms. The predicted octanol–water partition coefficient (Wildman–Crippen LogP) is 3.71. The van der Waals surface area contributed by atoms with E-state index in [9.17, 15) is 9.90 Å². The fourth-order valence-corrected chi connectivity index (χ4v) is 3.10. The van der Waals surface area contributed by atoms with Crippen LogP contribution < -0.4 is 4.74 Å². The zero-order valence-electron chi connectivity index (χ0n) is 17.2. The molecule has 0 amide bonds. The average Bonchev–Trinajstić information content (AvgIpc) is 3.28. The summed E-state index contributed by atoms with van der Waals surface area (Å²) in [5, 5.41) is 24.3. The number of rotatable bonds is 11. The summed E-state index contributed by atoms with van der Waals surface area (Å²) in [6, 6.07) is 11.2. The quantitative estimate of drug-likeness (QED) is 0.366. The third-order valence-corrected chi connectivity index (χ3v) is 4.64. The van der Waals surface area contributed by atoms with Crippen molar-refractivity contribution >= 4 is 5.78 Å². The van der Waals surface area contributed by atoms with Gasteiger partial charge in [-0.05, 0) is 36.3 Å². The Hall–Kier alpha value is -3.26. The van der Waals surface area contributed by atoms with Gasteiger partial charge in [0.2, 0.25) is 5.82 Å². The molecule has 0 aliphatic heterocycles. The number of H-pyrrole nitrogens is 1. The van der Waals surface area contributed by atoms with Gasteiger partial charge < -0.3 is 14.6 Å². The van der Waals surface area contributed by atoms with Crippen LogP contribution in [-0.4, -0.2) is 44.7 Å². The monoisotopic (exact) mass is 410 g/mol. The lowest BCUT2D eigenvalue weighted by atomic mass is 10.0. The van der Waals surface area contributed by atoms with Crippen LogP contribution in [0.15, 0.2) is 36.4 Å². The van der Waals surface area contributed by atoms with Crippen LogP contribution in [0.1, 0.15) is 48.2 Å². The Balaban J connectivity index is 1.44. The second kappa shape index (κ2) is 10.5. The first-order valence-electron chi connectivity index (χ1n) is 9.99. The maximum Gasteiger partial charge on any atom is 0.204 e. The molecule has 0 radical (unpaired) electrons. The Kier molecular flexibility index (Phi) is 7.51. The Labute approximate surface area is 175 Å². The average molecular weight is 410 g/mol. The Morgan fingerprint density at radius 1 is 1.13 bits per heavy atom. The lowest BCUT2D eigenvalue weighted by Crippen LogP contribution is -2.06. The molecule has 0 aliphatic rings. The summed E-state index contributed by atoms with van der Waals surface area (Å²) in [6.45, 7) is 4.98. The number of ether oxygens (including phenoxy) is 2. The molecule has 3 aromatic rings. The molecule has 2 aromatic carbocycles. The van der Waals surface area contributed by atoms with Gasteiger partial charge in [0.05, 0.1) is 25.4 Å². The first-order chi connectivity index (χ1) is 14.6. The largest absolute Gasteiger partial charge is 0.507 e. The molecule has 1 heterocycles. The summed E-state index contributed by atoms with van der Waals surface area (Å²) in [6.07, 6.45) is 2.21. The normalized spacial score (nSPS) is 10.9. The standard InChI is InChI=1S/C22H26N4O4/c1-3-5-19-20(11-10-18(15(2)27)21(19)28)30-13-4-12-29-14-16-6-8-17(9-7-16)22-23-25-26-24-22/h6-11,28H,3-5,12-14H2,1-2H3,(H,23,24,25,26). The summed E-state index contributed by atoms with van der Waals surface area (Å²) in [7, 11) is 0. The molecule has 30 heavy (non-hydrogen) atoms. The molecule has 8 nitrogen and oxygen atoms in total. The van der Waals surface area contributed by atoms with Gasteiger partial charge >= 0.3 is 0 Å². The number of tetrazole rings is 1. The molecular formula is C22H26N4O4. The van der Waals surface area contributed by atoms with Crippen LogP contribution in [0.2, 0.25) is 0 Å². The first-order valence-corrected chi connectivity index (χ1v) is 9.99. The van der Waals surface area contributed by atoms with Gasteiger partial charge in [0.15, 0.2) is 5.78 Å². The van der Waals surface area contributed by atoms with Crippen LogP contribution in [0.25, 0.3) is 11.4 Å². The van der Waals surface area contributed by atoms with E-state index in [4.69, 9.17) is 9.47 Å². The van der Waals surface area contributed by atoms with E-state index in [-0.39, 0.29) is 11.5 Å². The molecule has 0 fully saturated rings. The maximum absolute atomic E-state index is 11.6. The van der Waals surface area contributed by atoms with E-state index in [2.05, 4.69) is 20.6 Å². The number of benzene rings is 2. The van der Waals surface area contributed by atoms with Crippen molar-refractivity contribution < 1.29 is 19.4 Å². The molecule has 0 spiro atoms. The van der Waals surface area contributed by atoms with Gasteiger partial charge in [-0.3, -0.25) is 4.79 Å². The molecule has 0 atom stereocenters. The minimum Gasteiger partial charge on any atom is -0.507 e. The second-order valence-corrected chi connectivity index (χ2v) is 6.93. The number of phenols is 1. The lowest BCUT2D eigenvalue weighted by Gasteiger charge is -2.14. The molecule has 158 valence electrons. The fraction of sp³-hybridized carbons (Fsp3) is 0.364. The molecule has 0 bridgehead atoms. The number of phenolic OH excluding ortho intramolecular Hbond substituents is 1. The van der Waals surface area contributed by atoms with Crippen molar-refractivity contribution in [1.29, 1.82) is 0 Å². The van der Waals surface area contributed by atoms with E-state index >= 15 is 0 Å². The fourth-order valence-electron chi connectivity index (χ4n) is 3.10. The smallest absolute Gasteiger partial charge is 0.204 e. The SMILES string of the molecule is CCCc1c(OCCCOCc2ccc(-c3nn[nH]n3)cc2)ccc(C(C)=O)c1O. The lowest BCUT2D eigenvalue weighted by molar-refractivity contribution is 0.101. The van der Waals surface area contributed by atoms with Crippen LogP contribution in [0.3, 0.4) is 0 Å². The van der Waals surface area contributed by atoms with Crippen LogP contribution in [0, 0.1) is 0 Å². The predicted molar refractivity (Wildman–Crippen MR) is 111 cm³/mol. The first kappa shape index (κ1) is 21.4. The molecule has 0 saturated heterocycles. The third kappa shape index (κ3) is 5.42. The van der Waals surface area contributed by atoms with Crippen molar-refractivity contribution in [2.75, 3.05) is 13.2 Å². The van der Waals surface area contributed by atoms with Crippen LogP contribution in [0.5, 0.6) is 11.5 Å². The Morgan fingerprint density at radius 2 is 1.93 bits per heavy atom. The van der Waals surface area contributed by atoms with E-state index in [0.29, 0.717) is 55.4 Å². The van der Waals surface area contributed by atoms with Crippen LogP contribution in [0.4, 0.5) is 0 Å². The third-order valence-electron chi connectivity index (χ3n) is 4.64. The van der Waals surface area contributed by atoms with Crippen molar-refractivity contribution in [3.8, 4) is 22.9 Å². The molecule has 2 N–H and O–H groups in total. The van der Waals surface area contributed by atoms with E-state index < -0.39 is 0 Å². The van der Waals surface area contributed by atoms with Gasteiger partial charge in [-0.1, -0.05) is 37.6 Å². The molecule has 0 unspecified atom stereocenters. The minimum absolute atomic E-state index is 0.0300. The van der Waals surface area contributed by atoms with Crippen molar-refractivity contribution in [3.05, 3.63) is 53.1 Å². The van der Waals surface area contributed by atoms with Gasteiger partial charge in [0.1, 0.15) is 11.5 Å². The summed E-state index contributed by atoms with van der Waals surface area (Å²) in [4.78, 5) is 11.6. The van der Waals surface area contributed by atoms with Gasteiger partial charge in [0, 0.05) is 17.5 Å². The van der Waals surface area contributed by atoms with Crippen LogP contribution >= 0.6 is 0 Å². The minimum atomic E-state index is -0.157. The highest BCUT2D eigenvalue weighted by Crippen LogP contribution is 2.33. The number of aromatic amines is 1. The number of hydrogen-bond donors (Lipinski definition) is 2. The Morgan fingerprint density at radius 3 is 2.60 bits per heavy atom. The molecule has 0 aliphatic carbocycles. The summed E-state index contributed by atoms with van der Waals surface area (Å²) < 4.78 is 11.6. The number of carbonyl (C=O) groups excluding carboxylic acids is 1. The number of Topliss-reactive ketones (excluding diaryl/α,β-unsaturated/α-hetero) is 1. The van der Waals surface area contributed by atoms with E-state index in [1.165, 1.54) is 6.92 Å². The number of nitrogens with one attached hydrogen (secondary N) is 1. The molecular weight excluding hydrogens is 384 g/mol. The number of aromatic nitrogens is 4. The molecule has 3 rings (SSSR count). The van der Waals surface area contributed by atoms with Crippen molar-refractivity contribution in [3.63, 3.8) is 0 Å². The number of nitrogens with zero attached hydrogens (tertiary/aromatic N) is 3. The molecule has 1 aromatic heterocycles. The second-order valence-electron chi connectivity index (χ2n) is 6.93. The molecule has 0 saturated carbocycles. The topological polar surface area (TPSA) is 110 Å². The van der Waals surface area contributed by atoms with Gasteiger partial charge in [0.25, 0.3) is 0 Å². The zero-order chi connectivity index (χ0) is 21.3. The number of ketones is 1. The van der Waals surface area contributed by atoms with Crippen molar-refractivity contribution in [2.45, 2.75) is 39.7 Å². The van der Waals surface area contributed by atoms with Crippen molar-refractivity contribution in [1.82, 2.24) is 20.6 Å². The number of hydrogen-bond acceptors (Lipinski definition) is 7. The zero-order valence-corrected chi connectivity index (χ0v) is 17.2. The highest BCUT2D eigenvalue weighted by molar-refractivity contribution is 5.97. The van der Waals surface area contributed by atoms with Gasteiger partial charge in [-0.2, -0.15) is 5.21 Å². The highest BCUT2D eigenvalue weighted by atomic mass is 16.5. The number of carbonyl (C=O) groups is 1. The number of aromatic hydroxyl groups is 1. The van der Waals surface area contributed by atoms with E-state index in [1.807, 2.05) is 31.2 Å². The van der Waals surface area contributed by atoms with Crippen LogP contribution in [-0.2, 0) is 17.8 Å². The summed E-state index contributed by atoms with van der Waals surface area (Å²) in [5.74, 6) is 1.05. The van der Waals surface area contributed by atoms with Crippen molar-refractivity contribution in [2.24, 2.45) is 0 Å². The highest BCUT2D eigenvalue weighted by Gasteiger charge is 2.15. The van der Waals surface area contributed by atoms with Gasteiger partial charge in [-0.25, -0.2) is 0 Å². The maximum atomic E-state index is 11.6. The van der Waals surface area contributed by atoms with Gasteiger partial charge in [-0.15, -0.1) is 10.2 Å². The Bertz CT molecular complexity index is 956. The van der Waals surface area contributed by atoms with E-state index in [0.717, 1.165) is 17.5 Å². The summed E-state index contributed by atoms with van der Waals surface area (Å²) in [5.41, 5.74) is 2.97. The summed E-state index contributed by atoms with van der Waals surface area (Å²) >= 11 is 0. The van der Waals surface area contributed by atoms with E-state index in [1.54, 1.807) is 12.1 Å².